The van der Waals surface area contributed by atoms with E-state index in [1.807, 2.05) is 30.1 Å². The summed E-state index contributed by atoms with van der Waals surface area (Å²) in [5.74, 6) is 2.41. The van der Waals surface area contributed by atoms with Crippen LogP contribution >= 0.6 is 12.4 Å². The summed E-state index contributed by atoms with van der Waals surface area (Å²) in [7, 11) is 5.36. The first kappa shape index (κ1) is 27.5. The van der Waals surface area contributed by atoms with Gasteiger partial charge in [0, 0.05) is 38.9 Å². The summed E-state index contributed by atoms with van der Waals surface area (Å²) in [6.45, 7) is 2.78. The van der Waals surface area contributed by atoms with E-state index in [2.05, 4.69) is 29.2 Å². The summed E-state index contributed by atoms with van der Waals surface area (Å²) in [5, 5.41) is 0. The molecule has 1 amide bonds. The third-order valence-electron chi connectivity index (χ3n) is 11.3. The summed E-state index contributed by atoms with van der Waals surface area (Å²) in [5.41, 5.74) is 2.14. The molecule has 0 radical (unpaired) electrons. The first-order valence-electron chi connectivity index (χ1n) is 15.1. The van der Waals surface area contributed by atoms with Gasteiger partial charge in [0.1, 0.15) is 11.7 Å². The van der Waals surface area contributed by atoms with E-state index in [-0.39, 0.29) is 35.9 Å². The van der Waals surface area contributed by atoms with Crippen LogP contribution in [0.1, 0.15) is 48.8 Å². The first-order chi connectivity index (χ1) is 19.5. The van der Waals surface area contributed by atoms with Crippen LogP contribution in [0.25, 0.3) is 0 Å². The van der Waals surface area contributed by atoms with E-state index < -0.39 is 17.3 Å². The molecule has 9 rings (SSSR count). The number of likely N-dealkylation sites (tertiary alicyclic amines) is 1. The lowest BCUT2D eigenvalue weighted by Crippen LogP contribution is -2.87. The zero-order chi connectivity index (χ0) is 27.3. The molecule has 0 N–H and O–H groups in total. The molecular weight excluding hydrogens is 540 g/mol. The van der Waals surface area contributed by atoms with E-state index in [9.17, 15) is 4.79 Å². The molecule has 5 fully saturated rings. The summed E-state index contributed by atoms with van der Waals surface area (Å²) in [4.78, 5) is 18.9. The van der Waals surface area contributed by atoms with Crippen molar-refractivity contribution in [1.29, 1.82) is 0 Å². The zero-order valence-electron chi connectivity index (χ0n) is 24.3. The molecule has 4 bridgehead atoms. The van der Waals surface area contributed by atoms with Crippen molar-refractivity contribution in [3.8, 4) is 11.5 Å². The summed E-state index contributed by atoms with van der Waals surface area (Å²) in [6.07, 6.45) is 5.94. The second kappa shape index (κ2) is 9.60. The van der Waals surface area contributed by atoms with Gasteiger partial charge < -0.3 is 23.8 Å². The van der Waals surface area contributed by atoms with Crippen molar-refractivity contribution >= 4 is 18.3 Å². The number of benzene rings is 2. The maximum Gasteiger partial charge on any atom is 0.254 e. The Bertz CT molecular complexity index is 1350. The number of carbonyl (C=O) groups is 1. The minimum Gasteiger partial charge on any atom is -0.493 e. The van der Waals surface area contributed by atoms with Gasteiger partial charge >= 0.3 is 0 Å². The Balaban J connectivity index is 0.00000276. The van der Waals surface area contributed by atoms with Gasteiger partial charge in [-0.15, -0.1) is 12.4 Å². The van der Waals surface area contributed by atoms with E-state index in [1.165, 1.54) is 29.5 Å². The van der Waals surface area contributed by atoms with Crippen LogP contribution in [0.15, 0.2) is 42.5 Å². The number of methoxy groups -OCH3 is 2. The van der Waals surface area contributed by atoms with Crippen molar-refractivity contribution in [3.63, 3.8) is 0 Å². The Morgan fingerprint density at radius 1 is 1.10 bits per heavy atom. The fraction of sp³-hybridized carbons (Fsp3) is 0.606. The van der Waals surface area contributed by atoms with Crippen molar-refractivity contribution in [3.05, 3.63) is 59.2 Å². The number of fused-ring (bicyclic) bond motifs is 2. The molecule has 3 saturated heterocycles. The third-order valence-corrected chi connectivity index (χ3v) is 11.3. The molecule has 220 valence electrons. The second-order valence-electron chi connectivity index (χ2n) is 13.1. The number of amides is 1. The molecule has 2 aromatic carbocycles. The minimum absolute atomic E-state index is 0. The largest absolute Gasteiger partial charge is 0.493 e. The lowest BCUT2D eigenvalue weighted by molar-refractivity contribution is -0.351. The number of hydrogen-bond donors (Lipinski definition) is 0. The fourth-order valence-electron chi connectivity index (χ4n) is 9.28. The third kappa shape index (κ3) is 3.52. The molecule has 3 aliphatic carbocycles. The Labute approximate surface area is 248 Å². The average Bonchev–Trinajstić information content (AvgIpc) is 3.74. The lowest BCUT2D eigenvalue weighted by Gasteiger charge is -2.72. The summed E-state index contributed by atoms with van der Waals surface area (Å²) in [6, 6.07) is 14.9. The van der Waals surface area contributed by atoms with E-state index in [0.29, 0.717) is 6.54 Å². The maximum absolute atomic E-state index is 14.3. The predicted octanol–water partition coefficient (Wildman–Crippen LogP) is 4.17. The topological polar surface area (TPSA) is 60.5 Å². The van der Waals surface area contributed by atoms with Crippen molar-refractivity contribution in [2.75, 3.05) is 40.9 Å². The number of likely N-dealkylation sites (N-methyl/N-ethyl adjacent to an activating group) is 1. The van der Waals surface area contributed by atoms with Gasteiger partial charge in [-0.2, -0.15) is 0 Å². The number of nitrogens with zero attached hydrogens (tertiary/aromatic N) is 2. The predicted molar refractivity (Wildman–Crippen MR) is 157 cm³/mol. The van der Waals surface area contributed by atoms with Crippen LogP contribution in [0.4, 0.5) is 0 Å². The van der Waals surface area contributed by atoms with E-state index in [4.69, 9.17) is 18.9 Å². The summed E-state index contributed by atoms with van der Waals surface area (Å²) < 4.78 is 26.7. The minimum atomic E-state index is -0.859. The van der Waals surface area contributed by atoms with Crippen LogP contribution in [-0.2, 0) is 32.5 Å². The van der Waals surface area contributed by atoms with E-state index in [1.54, 1.807) is 14.2 Å². The highest BCUT2D eigenvalue weighted by atomic mass is 35.5. The molecule has 5 unspecified atom stereocenters. The normalized spacial score (nSPS) is 35.7. The molecule has 6 atom stereocenters. The quantitative estimate of drug-likeness (QED) is 0.467. The van der Waals surface area contributed by atoms with Gasteiger partial charge in [-0.25, -0.2) is 0 Å². The monoisotopic (exact) mass is 580 g/mol. The molecule has 7 aliphatic rings. The number of piperidine rings is 1. The molecule has 2 spiro atoms. The maximum atomic E-state index is 14.3. The van der Waals surface area contributed by atoms with Crippen molar-refractivity contribution in [2.24, 2.45) is 5.92 Å². The Hall–Kier alpha value is -2.32. The number of rotatable bonds is 8. The Kier molecular flexibility index (Phi) is 6.44. The first-order valence-corrected chi connectivity index (χ1v) is 15.1. The smallest absolute Gasteiger partial charge is 0.254 e. The Morgan fingerprint density at radius 3 is 2.63 bits per heavy atom. The molecule has 4 heterocycles. The molecule has 7 nitrogen and oxygen atoms in total. The standard InChI is InChI=1S/C33H40N2O5.ClH/c1-34(17-13-21-7-5-4-6-8-21)29(36)28-32(38-3)14-15-33(40-28)25-19-23-11-12-24(37-2)27-26(23)31(33,30(32)39-27)16-18-35(25)20-22-9-10-22;/h4-8,11-12,22,25,28,30H,9-10,13-20H2,1-3H3;1H/t25?,28-,30?,31?,32?,33?;/m1./s1. The van der Waals surface area contributed by atoms with Crippen LogP contribution in [-0.4, -0.2) is 86.1 Å². The van der Waals surface area contributed by atoms with Gasteiger partial charge in [-0.3, -0.25) is 9.69 Å². The van der Waals surface area contributed by atoms with Crippen molar-refractivity contribution in [2.45, 2.75) is 79.8 Å². The SMILES string of the molecule is COc1ccc2c3c1OC1C4(OC)CCC5(O[C@@H]4C(=O)N(C)CCc4ccccc4)C(C2)N(CC2CC2)CCC315.Cl. The fourth-order valence-corrected chi connectivity index (χ4v) is 9.28. The number of hydrogen-bond acceptors (Lipinski definition) is 6. The number of carbonyl (C=O) groups excluding carboxylic acids is 1. The lowest BCUT2D eigenvalue weighted by atomic mass is 9.44. The molecule has 2 aromatic rings. The highest BCUT2D eigenvalue weighted by molar-refractivity contribution is 5.85. The zero-order valence-corrected chi connectivity index (χ0v) is 25.1. The van der Waals surface area contributed by atoms with Crippen LogP contribution in [0.2, 0.25) is 0 Å². The van der Waals surface area contributed by atoms with Crippen LogP contribution < -0.4 is 9.47 Å². The van der Waals surface area contributed by atoms with Gasteiger partial charge in [0.15, 0.2) is 17.6 Å². The van der Waals surface area contributed by atoms with Gasteiger partial charge in [0.25, 0.3) is 5.91 Å². The molecule has 8 heteroatoms. The van der Waals surface area contributed by atoms with Crippen molar-refractivity contribution < 1.29 is 23.7 Å². The van der Waals surface area contributed by atoms with E-state index >= 15 is 0 Å². The molecule has 41 heavy (non-hydrogen) atoms. The number of ether oxygens (including phenoxy) is 4. The summed E-state index contributed by atoms with van der Waals surface area (Å²) >= 11 is 0. The second-order valence-corrected chi connectivity index (χ2v) is 13.1. The van der Waals surface area contributed by atoms with Crippen LogP contribution in [0.3, 0.4) is 0 Å². The molecule has 0 aromatic heterocycles. The van der Waals surface area contributed by atoms with Gasteiger partial charge in [-0.05, 0) is 74.6 Å². The number of halogens is 1. The van der Waals surface area contributed by atoms with Gasteiger partial charge in [0.2, 0.25) is 0 Å². The van der Waals surface area contributed by atoms with Gasteiger partial charge in [0.05, 0.1) is 18.1 Å². The van der Waals surface area contributed by atoms with Crippen LogP contribution in [0, 0.1) is 5.92 Å². The van der Waals surface area contributed by atoms with Gasteiger partial charge in [-0.1, -0.05) is 36.4 Å². The molecule has 4 aliphatic heterocycles. The molecule has 2 saturated carbocycles. The van der Waals surface area contributed by atoms with E-state index in [0.717, 1.165) is 62.6 Å². The average molecular weight is 581 g/mol. The Morgan fingerprint density at radius 2 is 1.90 bits per heavy atom. The highest BCUT2D eigenvalue weighted by Gasteiger charge is 2.83. The van der Waals surface area contributed by atoms with Crippen LogP contribution in [0.5, 0.6) is 11.5 Å². The highest BCUT2D eigenvalue weighted by Crippen LogP contribution is 2.72. The van der Waals surface area contributed by atoms with Crippen molar-refractivity contribution in [1.82, 2.24) is 9.80 Å². The molecular formula is C33H41ClN2O5.